The first-order valence-corrected chi connectivity index (χ1v) is 8.56. The van der Waals surface area contributed by atoms with Crippen molar-refractivity contribution < 1.29 is 18.7 Å². The average molecular weight is 358 g/mol. The molecule has 0 heterocycles. The minimum Gasteiger partial charge on any atom is -0.483 e. The molecule has 6 heteroatoms. The second-order valence-electron chi connectivity index (χ2n) is 5.68. The number of halogens is 1. The molecule has 2 aromatic carbocycles. The van der Waals surface area contributed by atoms with Gasteiger partial charge in [-0.1, -0.05) is 18.2 Å². The van der Waals surface area contributed by atoms with Crippen LogP contribution in [0.4, 0.5) is 10.1 Å². The zero-order valence-electron chi connectivity index (χ0n) is 15.0. The number of rotatable bonds is 9. The summed E-state index contributed by atoms with van der Waals surface area (Å²) in [6, 6.07) is 11.6. The number of para-hydroxylation sites is 1. The minimum absolute atomic E-state index is 0.201. The van der Waals surface area contributed by atoms with Crippen molar-refractivity contribution in [1.29, 1.82) is 0 Å². The standard InChI is InChI=1S/C20H23FN2O3/c1-3-23(4-2)18-10-9-15(11-17(18)21)12-22-20(25)14-26-19-8-6-5-7-16(19)13-24/h5-11,13H,3-4,12,14H2,1-2H3,(H,22,25). The van der Waals surface area contributed by atoms with Crippen LogP contribution >= 0.6 is 0 Å². The Bertz CT molecular complexity index is 760. The first-order chi connectivity index (χ1) is 12.6. The summed E-state index contributed by atoms with van der Waals surface area (Å²) in [6.07, 6.45) is 0.674. The van der Waals surface area contributed by atoms with Gasteiger partial charge in [0.1, 0.15) is 11.6 Å². The molecule has 0 saturated heterocycles. The Kier molecular flexibility index (Phi) is 7.14. The number of amides is 1. The summed E-state index contributed by atoms with van der Waals surface area (Å²) >= 11 is 0. The van der Waals surface area contributed by atoms with E-state index in [4.69, 9.17) is 4.74 Å². The van der Waals surface area contributed by atoms with E-state index in [9.17, 15) is 14.0 Å². The molecule has 5 nitrogen and oxygen atoms in total. The van der Waals surface area contributed by atoms with Gasteiger partial charge in [-0.15, -0.1) is 0 Å². The van der Waals surface area contributed by atoms with Crippen molar-refractivity contribution in [2.24, 2.45) is 0 Å². The Morgan fingerprint density at radius 3 is 2.58 bits per heavy atom. The van der Waals surface area contributed by atoms with Gasteiger partial charge in [0.2, 0.25) is 0 Å². The molecular formula is C20H23FN2O3. The van der Waals surface area contributed by atoms with Gasteiger partial charge in [0, 0.05) is 19.6 Å². The maximum Gasteiger partial charge on any atom is 0.258 e. The molecule has 0 aliphatic rings. The lowest BCUT2D eigenvalue weighted by atomic mass is 10.1. The Morgan fingerprint density at radius 1 is 1.19 bits per heavy atom. The third-order valence-electron chi connectivity index (χ3n) is 4.01. The monoisotopic (exact) mass is 358 g/mol. The lowest BCUT2D eigenvalue weighted by Gasteiger charge is -2.22. The maximum atomic E-state index is 14.2. The number of nitrogens with one attached hydrogen (secondary N) is 1. The van der Waals surface area contributed by atoms with Gasteiger partial charge >= 0.3 is 0 Å². The van der Waals surface area contributed by atoms with Gasteiger partial charge in [0.05, 0.1) is 11.3 Å². The van der Waals surface area contributed by atoms with Crippen molar-refractivity contribution in [1.82, 2.24) is 5.32 Å². The van der Waals surface area contributed by atoms with Crippen molar-refractivity contribution in [3.8, 4) is 5.75 Å². The number of anilines is 1. The number of nitrogens with zero attached hydrogens (tertiary/aromatic N) is 1. The smallest absolute Gasteiger partial charge is 0.258 e. The van der Waals surface area contributed by atoms with Crippen LogP contribution in [0.15, 0.2) is 42.5 Å². The second-order valence-corrected chi connectivity index (χ2v) is 5.68. The summed E-state index contributed by atoms with van der Waals surface area (Å²) in [6.45, 7) is 5.38. The number of hydrogen-bond donors (Lipinski definition) is 1. The van der Waals surface area contributed by atoms with Gasteiger partial charge in [-0.3, -0.25) is 9.59 Å². The fourth-order valence-corrected chi connectivity index (χ4v) is 2.59. The predicted molar refractivity (Wildman–Crippen MR) is 99.1 cm³/mol. The molecule has 0 bridgehead atoms. The Balaban J connectivity index is 1.89. The molecule has 0 aliphatic carbocycles. The molecule has 26 heavy (non-hydrogen) atoms. The number of hydrogen-bond acceptors (Lipinski definition) is 4. The third kappa shape index (κ3) is 5.05. The van der Waals surface area contributed by atoms with E-state index in [1.165, 1.54) is 6.07 Å². The Hall–Kier alpha value is -2.89. The molecule has 0 atom stereocenters. The van der Waals surface area contributed by atoms with Crippen LogP contribution in [0.2, 0.25) is 0 Å². The molecular weight excluding hydrogens is 335 g/mol. The normalized spacial score (nSPS) is 10.3. The lowest BCUT2D eigenvalue weighted by Crippen LogP contribution is -2.28. The van der Waals surface area contributed by atoms with E-state index in [0.29, 0.717) is 28.8 Å². The number of ether oxygens (including phenoxy) is 1. The van der Waals surface area contributed by atoms with Gasteiger partial charge in [-0.25, -0.2) is 4.39 Å². The SMILES string of the molecule is CCN(CC)c1ccc(CNC(=O)COc2ccccc2C=O)cc1F. The summed E-state index contributed by atoms with van der Waals surface area (Å²) in [5.41, 5.74) is 1.60. The predicted octanol–water partition coefficient (Wildman–Crippen LogP) is 3.18. The summed E-state index contributed by atoms with van der Waals surface area (Å²) < 4.78 is 19.6. The minimum atomic E-state index is -0.348. The number of carbonyl (C=O) groups excluding carboxylic acids is 2. The molecule has 2 aromatic rings. The fraction of sp³-hybridized carbons (Fsp3) is 0.300. The molecule has 0 aromatic heterocycles. The zero-order chi connectivity index (χ0) is 18.9. The van der Waals surface area contributed by atoms with E-state index >= 15 is 0 Å². The third-order valence-corrected chi connectivity index (χ3v) is 4.01. The maximum absolute atomic E-state index is 14.2. The highest BCUT2D eigenvalue weighted by Gasteiger charge is 2.10. The van der Waals surface area contributed by atoms with E-state index in [-0.39, 0.29) is 24.9 Å². The first kappa shape index (κ1) is 19.4. The molecule has 0 radical (unpaired) electrons. The molecule has 0 saturated carbocycles. The topological polar surface area (TPSA) is 58.6 Å². The van der Waals surface area contributed by atoms with Gasteiger partial charge in [0.25, 0.3) is 5.91 Å². The molecule has 1 amide bonds. The van der Waals surface area contributed by atoms with E-state index in [1.54, 1.807) is 36.4 Å². The molecule has 0 unspecified atom stereocenters. The molecule has 1 N–H and O–H groups in total. The molecule has 0 aliphatic heterocycles. The van der Waals surface area contributed by atoms with Crippen LogP contribution in [0.25, 0.3) is 0 Å². The van der Waals surface area contributed by atoms with E-state index in [0.717, 1.165) is 13.1 Å². The van der Waals surface area contributed by atoms with Crippen molar-refractivity contribution in [2.45, 2.75) is 20.4 Å². The molecule has 2 rings (SSSR count). The van der Waals surface area contributed by atoms with Crippen LogP contribution in [0.5, 0.6) is 5.75 Å². The van der Waals surface area contributed by atoms with Crippen LogP contribution in [-0.2, 0) is 11.3 Å². The van der Waals surface area contributed by atoms with E-state index in [2.05, 4.69) is 5.32 Å². The highest BCUT2D eigenvalue weighted by molar-refractivity contribution is 5.80. The second kappa shape index (κ2) is 9.56. The van der Waals surface area contributed by atoms with Crippen LogP contribution in [0.3, 0.4) is 0 Å². The summed E-state index contributed by atoms with van der Waals surface area (Å²) in [7, 11) is 0. The molecule has 138 valence electrons. The molecule has 0 spiro atoms. The van der Waals surface area contributed by atoms with Crippen LogP contribution in [0, 0.1) is 5.82 Å². The van der Waals surface area contributed by atoms with Crippen molar-refractivity contribution in [2.75, 3.05) is 24.6 Å². The van der Waals surface area contributed by atoms with Gasteiger partial charge in [0.15, 0.2) is 12.9 Å². The zero-order valence-corrected chi connectivity index (χ0v) is 15.0. The number of benzene rings is 2. The summed E-state index contributed by atoms with van der Waals surface area (Å²) in [4.78, 5) is 24.8. The average Bonchev–Trinajstić information content (AvgIpc) is 2.67. The van der Waals surface area contributed by atoms with E-state index in [1.807, 2.05) is 18.7 Å². The summed E-state index contributed by atoms with van der Waals surface area (Å²) in [5, 5.41) is 2.68. The van der Waals surface area contributed by atoms with Crippen molar-refractivity contribution in [3.05, 3.63) is 59.4 Å². The number of aldehydes is 1. The van der Waals surface area contributed by atoms with E-state index < -0.39 is 0 Å². The van der Waals surface area contributed by atoms with Gasteiger partial charge < -0.3 is 15.0 Å². The van der Waals surface area contributed by atoms with Crippen LogP contribution in [-0.4, -0.2) is 31.9 Å². The highest BCUT2D eigenvalue weighted by atomic mass is 19.1. The highest BCUT2D eigenvalue weighted by Crippen LogP contribution is 2.20. The Morgan fingerprint density at radius 2 is 1.92 bits per heavy atom. The van der Waals surface area contributed by atoms with Gasteiger partial charge in [-0.05, 0) is 43.7 Å². The van der Waals surface area contributed by atoms with Crippen molar-refractivity contribution in [3.63, 3.8) is 0 Å². The Labute approximate surface area is 152 Å². The summed E-state index contributed by atoms with van der Waals surface area (Å²) in [5.74, 6) is -0.303. The van der Waals surface area contributed by atoms with Crippen LogP contribution < -0.4 is 15.0 Å². The van der Waals surface area contributed by atoms with Crippen molar-refractivity contribution >= 4 is 17.9 Å². The molecule has 0 fully saturated rings. The quantitative estimate of drug-likeness (QED) is 0.700. The lowest BCUT2D eigenvalue weighted by molar-refractivity contribution is -0.123. The largest absolute Gasteiger partial charge is 0.483 e. The number of carbonyl (C=O) groups is 2. The fourth-order valence-electron chi connectivity index (χ4n) is 2.59. The van der Waals surface area contributed by atoms with Gasteiger partial charge in [-0.2, -0.15) is 0 Å². The van der Waals surface area contributed by atoms with Crippen LogP contribution in [0.1, 0.15) is 29.8 Å². The first-order valence-electron chi connectivity index (χ1n) is 8.56.